The molecule has 18 heavy (non-hydrogen) atoms. The lowest BCUT2D eigenvalue weighted by Gasteiger charge is -2.41. The third-order valence-electron chi connectivity index (χ3n) is 4.05. The van der Waals surface area contributed by atoms with Gasteiger partial charge in [0.25, 0.3) is 0 Å². The Kier molecular flexibility index (Phi) is 3.04. The first-order chi connectivity index (χ1) is 8.45. The Hall–Kier alpha value is -1.59. The standard InChI is InChI=1S/C12H18N2O4/c1-8(2)14(7-15)12(11(17)18)6-10(16)13-5-3-4-9(12)13/h7-9H,3-6H2,1-2H3,(H,17,18). The summed E-state index contributed by atoms with van der Waals surface area (Å²) >= 11 is 0. The number of carbonyl (C=O) groups excluding carboxylic acids is 2. The van der Waals surface area contributed by atoms with E-state index >= 15 is 0 Å². The van der Waals surface area contributed by atoms with Crippen LogP contribution in [0.1, 0.15) is 33.1 Å². The van der Waals surface area contributed by atoms with Crippen molar-refractivity contribution in [1.29, 1.82) is 0 Å². The Labute approximate surface area is 106 Å². The Morgan fingerprint density at radius 2 is 2.28 bits per heavy atom. The lowest BCUT2D eigenvalue weighted by molar-refractivity contribution is -0.158. The number of hydrogen-bond donors (Lipinski definition) is 1. The van der Waals surface area contributed by atoms with Crippen LogP contribution in [0, 0.1) is 0 Å². The average molecular weight is 254 g/mol. The van der Waals surface area contributed by atoms with Crippen LogP contribution >= 0.6 is 0 Å². The van der Waals surface area contributed by atoms with Crippen LogP contribution < -0.4 is 0 Å². The van der Waals surface area contributed by atoms with Crippen LogP contribution in [0.3, 0.4) is 0 Å². The minimum Gasteiger partial charge on any atom is -0.479 e. The highest BCUT2D eigenvalue weighted by Gasteiger charge is 2.61. The van der Waals surface area contributed by atoms with E-state index in [0.717, 1.165) is 6.42 Å². The van der Waals surface area contributed by atoms with Crippen molar-refractivity contribution in [1.82, 2.24) is 9.80 Å². The lowest BCUT2D eigenvalue weighted by Crippen LogP contribution is -2.62. The Morgan fingerprint density at radius 1 is 1.61 bits per heavy atom. The fraction of sp³-hybridized carbons (Fsp3) is 0.750. The van der Waals surface area contributed by atoms with E-state index in [1.807, 2.05) is 0 Å². The van der Waals surface area contributed by atoms with Crippen LogP contribution in [0.25, 0.3) is 0 Å². The zero-order valence-corrected chi connectivity index (χ0v) is 10.6. The van der Waals surface area contributed by atoms with Crippen LogP contribution in [0.4, 0.5) is 0 Å². The number of carboxylic acids is 1. The molecule has 6 nitrogen and oxygen atoms in total. The first kappa shape index (κ1) is 12.9. The predicted molar refractivity (Wildman–Crippen MR) is 62.8 cm³/mol. The first-order valence-corrected chi connectivity index (χ1v) is 6.21. The highest BCUT2D eigenvalue weighted by Crippen LogP contribution is 2.41. The Balaban J connectivity index is 2.48. The summed E-state index contributed by atoms with van der Waals surface area (Å²) in [5, 5.41) is 9.60. The summed E-state index contributed by atoms with van der Waals surface area (Å²) in [6.45, 7) is 4.13. The predicted octanol–water partition coefficient (Wildman–Crippen LogP) is 0.0713. The van der Waals surface area contributed by atoms with E-state index < -0.39 is 11.5 Å². The van der Waals surface area contributed by atoms with Gasteiger partial charge in [0.2, 0.25) is 12.3 Å². The first-order valence-electron chi connectivity index (χ1n) is 6.21. The van der Waals surface area contributed by atoms with Crippen molar-refractivity contribution in [3.8, 4) is 0 Å². The number of amides is 2. The van der Waals surface area contributed by atoms with Gasteiger partial charge in [-0.05, 0) is 26.7 Å². The molecule has 0 aliphatic carbocycles. The minimum absolute atomic E-state index is 0.107. The fourth-order valence-corrected chi connectivity index (χ4v) is 3.28. The highest BCUT2D eigenvalue weighted by molar-refractivity contribution is 5.94. The molecular weight excluding hydrogens is 236 g/mol. The molecular formula is C12H18N2O4. The van der Waals surface area contributed by atoms with Gasteiger partial charge in [-0.25, -0.2) is 4.79 Å². The van der Waals surface area contributed by atoms with Crippen molar-refractivity contribution < 1.29 is 19.5 Å². The summed E-state index contributed by atoms with van der Waals surface area (Å²) in [6.07, 6.45) is 1.91. The molecule has 2 unspecified atom stereocenters. The van der Waals surface area contributed by atoms with Crippen molar-refractivity contribution in [2.45, 2.75) is 50.7 Å². The van der Waals surface area contributed by atoms with E-state index in [1.54, 1.807) is 18.7 Å². The molecule has 1 N–H and O–H groups in total. The zero-order chi connectivity index (χ0) is 13.5. The average Bonchev–Trinajstić information content (AvgIpc) is 2.84. The zero-order valence-electron chi connectivity index (χ0n) is 10.6. The summed E-state index contributed by atoms with van der Waals surface area (Å²) < 4.78 is 0. The van der Waals surface area contributed by atoms with Crippen LogP contribution in [0.15, 0.2) is 0 Å². The molecule has 0 aromatic heterocycles. The molecule has 0 saturated carbocycles. The van der Waals surface area contributed by atoms with Crippen LogP contribution in [-0.2, 0) is 14.4 Å². The fourth-order valence-electron chi connectivity index (χ4n) is 3.28. The second-order valence-corrected chi connectivity index (χ2v) is 5.26. The number of hydrogen-bond acceptors (Lipinski definition) is 3. The second kappa shape index (κ2) is 4.26. The number of rotatable bonds is 4. The van der Waals surface area contributed by atoms with Gasteiger partial charge in [-0.15, -0.1) is 0 Å². The second-order valence-electron chi connectivity index (χ2n) is 5.26. The van der Waals surface area contributed by atoms with Crippen molar-refractivity contribution >= 4 is 18.3 Å². The third-order valence-corrected chi connectivity index (χ3v) is 4.05. The summed E-state index contributed by atoms with van der Waals surface area (Å²) in [7, 11) is 0. The maximum absolute atomic E-state index is 11.9. The molecule has 2 heterocycles. The number of aliphatic carboxylic acids is 1. The Morgan fingerprint density at radius 3 is 2.78 bits per heavy atom. The van der Waals surface area contributed by atoms with Gasteiger partial charge in [-0.2, -0.15) is 0 Å². The number of nitrogens with zero attached hydrogens (tertiary/aromatic N) is 2. The topological polar surface area (TPSA) is 77.9 Å². The van der Waals surface area contributed by atoms with Gasteiger partial charge in [0, 0.05) is 12.6 Å². The van der Waals surface area contributed by atoms with Gasteiger partial charge in [-0.1, -0.05) is 0 Å². The van der Waals surface area contributed by atoms with Gasteiger partial charge >= 0.3 is 5.97 Å². The Bertz CT molecular complexity index is 396. The van der Waals surface area contributed by atoms with Crippen LogP contribution in [0.5, 0.6) is 0 Å². The van der Waals surface area contributed by atoms with E-state index in [0.29, 0.717) is 19.4 Å². The summed E-state index contributed by atoms with van der Waals surface area (Å²) in [5.74, 6) is -1.24. The highest BCUT2D eigenvalue weighted by atomic mass is 16.4. The van der Waals surface area contributed by atoms with Crippen molar-refractivity contribution in [3.05, 3.63) is 0 Å². The molecule has 2 fully saturated rings. The van der Waals surface area contributed by atoms with Crippen molar-refractivity contribution in [3.63, 3.8) is 0 Å². The van der Waals surface area contributed by atoms with Crippen molar-refractivity contribution in [2.75, 3.05) is 6.54 Å². The van der Waals surface area contributed by atoms with Crippen LogP contribution in [0.2, 0.25) is 0 Å². The summed E-state index contributed by atoms with van der Waals surface area (Å²) in [5.41, 5.74) is -1.39. The SMILES string of the molecule is CC(C)N(C=O)C1(C(=O)O)CC(=O)N2CCCC21. The van der Waals surface area contributed by atoms with Crippen LogP contribution in [-0.4, -0.2) is 57.4 Å². The van der Waals surface area contributed by atoms with Gasteiger partial charge < -0.3 is 14.9 Å². The smallest absolute Gasteiger partial charge is 0.332 e. The number of carboxylic acid groups (broad SMARTS) is 1. The molecule has 2 aliphatic rings. The molecule has 0 radical (unpaired) electrons. The molecule has 0 aromatic rings. The van der Waals surface area contributed by atoms with E-state index in [1.165, 1.54) is 4.90 Å². The minimum atomic E-state index is -1.39. The summed E-state index contributed by atoms with van der Waals surface area (Å²) in [4.78, 5) is 37.9. The van der Waals surface area contributed by atoms with Gasteiger partial charge in [0.15, 0.2) is 5.54 Å². The monoisotopic (exact) mass is 254 g/mol. The maximum atomic E-state index is 11.9. The number of fused-ring (bicyclic) bond motifs is 1. The normalized spacial score (nSPS) is 30.7. The molecule has 2 amide bonds. The van der Waals surface area contributed by atoms with E-state index in [2.05, 4.69) is 0 Å². The molecule has 6 heteroatoms. The van der Waals surface area contributed by atoms with Gasteiger partial charge in [0.1, 0.15) is 0 Å². The van der Waals surface area contributed by atoms with E-state index in [9.17, 15) is 19.5 Å². The lowest BCUT2D eigenvalue weighted by atomic mass is 9.86. The maximum Gasteiger partial charge on any atom is 0.332 e. The molecule has 0 aromatic carbocycles. The number of carbonyl (C=O) groups is 3. The van der Waals surface area contributed by atoms with E-state index in [4.69, 9.17) is 0 Å². The van der Waals surface area contributed by atoms with Gasteiger partial charge in [0.05, 0.1) is 12.5 Å². The molecule has 100 valence electrons. The van der Waals surface area contributed by atoms with E-state index in [-0.39, 0.29) is 24.4 Å². The summed E-state index contributed by atoms with van der Waals surface area (Å²) in [6, 6.07) is -0.623. The molecule has 2 rings (SSSR count). The van der Waals surface area contributed by atoms with Gasteiger partial charge in [-0.3, -0.25) is 9.59 Å². The molecule has 2 aliphatic heterocycles. The molecule has 2 atom stereocenters. The third kappa shape index (κ3) is 1.51. The molecule has 0 spiro atoms. The quantitative estimate of drug-likeness (QED) is 0.720. The van der Waals surface area contributed by atoms with Crippen molar-refractivity contribution in [2.24, 2.45) is 0 Å². The largest absolute Gasteiger partial charge is 0.479 e. The molecule has 2 saturated heterocycles. The molecule has 0 bridgehead atoms.